The van der Waals surface area contributed by atoms with Gasteiger partial charge in [0, 0.05) is 23.7 Å². The Hall–Kier alpha value is -1.81. The molecule has 0 aliphatic rings. The molecule has 0 saturated carbocycles. The summed E-state index contributed by atoms with van der Waals surface area (Å²) >= 11 is 5.99. The van der Waals surface area contributed by atoms with Crippen LogP contribution in [-0.2, 0) is 11.3 Å². The molecule has 1 atom stereocenters. The Labute approximate surface area is 155 Å². The summed E-state index contributed by atoms with van der Waals surface area (Å²) in [6.07, 6.45) is 2.41. The minimum atomic E-state index is 0.0209. The summed E-state index contributed by atoms with van der Waals surface area (Å²) in [5.41, 5.74) is 3.16. The summed E-state index contributed by atoms with van der Waals surface area (Å²) in [5, 5.41) is 8.30. The molecule has 0 bridgehead atoms. The van der Waals surface area contributed by atoms with Gasteiger partial charge in [0.1, 0.15) is 0 Å². The van der Waals surface area contributed by atoms with E-state index in [0.717, 1.165) is 29.8 Å². The second kappa shape index (κ2) is 9.04. The van der Waals surface area contributed by atoms with Gasteiger partial charge in [0.25, 0.3) is 0 Å². The highest BCUT2D eigenvalue weighted by Gasteiger charge is 2.15. The van der Waals surface area contributed by atoms with Crippen LogP contribution in [-0.4, -0.2) is 15.7 Å². The van der Waals surface area contributed by atoms with Crippen molar-refractivity contribution in [2.75, 3.05) is 0 Å². The van der Waals surface area contributed by atoms with E-state index in [0.29, 0.717) is 23.9 Å². The molecule has 1 heterocycles. The number of hydrogen-bond acceptors (Lipinski definition) is 2. The first-order chi connectivity index (χ1) is 11.8. The molecular formula is C20H28ClN3O. The maximum atomic E-state index is 12.5. The van der Waals surface area contributed by atoms with E-state index in [4.69, 9.17) is 11.6 Å². The fourth-order valence-electron chi connectivity index (χ4n) is 2.89. The summed E-state index contributed by atoms with van der Waals surface area (Å²) in [4.78, 5) is 12.5. The number of aromatic nitrogens is 2. The van der Waals surface area contributed by atoms with E-state index in [1.165, 1.54) is 0 Å². The van der Waals surface area contributed by atoms with E-state index in [1.54, 1.807) is 0 Å². The number of nitrogens with one attached hydrogen (secondary N) is 1. The number of carbonyl (C=O) groups excluding carboxylic acids is 1. The highest BCUT2D eigenvalue weighted by molar-refractivity contribution is 6.30. The Morgan fingerprint density at radius 3 is 2.44 bits per heavy atom. The van der Waals surface area contributed by atoms with E-state index >= 15 is 0 Å². The van der Waals surface area contributed by atoms with Crippen molar-refractivity contribution in [2.45, 2.75) is 59.5 Å². The molecule has 136 valence electrons. The lowest BCUT2D eigenvalue weighted by Crippen LogP contribution is -2.29. The summed E-state index contributed by atoms with van der Waals surface area (Å²) in [7, 11) is 0. The predicted octanol–water partition coefficient (Wildman–Crippen LogP) is 4.84. The smallest absolute Gasteiger partial charge is 0.222 e. The third-order valence-electron chi connectivity index (χ3n) is 4.29. The lowest BCUT2D eigenvalue weighted by Gasteiger charge is -2.20. The zero-order valence-electron chi connectivity index (χ0n) is 15.6. The van der Waals surface area contributed by atoms with E-state index in [-0.39, 0.29) is 11.9 Å². The van der Waals surface area contributed by atoms with Gasteiger partial charge in [0.05, 0.1) is 11.7 Å². The SMILES string of the molecule is Cc1cc(C)n(CCC(=O)NC(CCC(C)C)c2ccc(Cl)cc2)n1. The molecule has 1 N–H and O–H groups in total. The molecule has 0 radical (unpaired) electrons. The summed E-state index contributed by atoms with van der Waals surface area (Å²) in [5.74, 6) is 0.651. The highest BCUT2D eigenvalue weighted by atomic mass is 35.5. The maximum Gasteiger partial charge on any atom is 0.222 e. The van der Waals surface area contributed by atoms with Gasteiger partial charge in [-0.1, -0.05) is 37.6 Å². The molecule has 25 heavy (non-hydrogen) atoms. The number of aryl methyl sites for hydroxylation is 3. The zero-order chi connectivity index (χ0) is 18.4. The van der Waals surface area contributed by atoms with E-state index in [1.807, 2.05) is 48.9 Å². The number of carbonyl (C=O) groups is 1. The molecule has 0 saturated heterocycles. The van der Waals surface area contributed by atoms with Gasteiger partial charge < -0.3 is 5.32 Å². The standard InChI is InChI=1S/C20H28ClN3O/c1-14(2)5-10-19(17-6-8-18(21)9-7-17)22-20(25)11-12-24-16(4)13-15(3)23-24/h6-9,13-14,19H,5,10-12H2,1-4H3,(H,22,25). The summed E-state index contributed by atoms with van der Waals surface area (Å²) in [6, 6.07) is 9.79. The predicted molar refractivity (Wildman–Crippen MR) is 103 cm³/mol. The van der Waals surface area contributed by atoms with Gasteiger partial charge in [0.2, 0.25) is 5.91 Å². The van der Waals surface area contributed by atoms with Gasteiger partial charge in [-0.3, -0.25) is 9.48 Å². The largest absolute Gasteiger partial charge is 0.349 e. The molecule has 2 rings (SSSR count). The molecule has 1 aromatic carbocycles. The summed E-state index contributed by atoms with van der Waals surface area (Å²) in [6.45, 7) is 8.97. The molecule has 1 unspecified atom stereocenters. The normalized spacial score (nSPS) is 12.4. The fourth-order valence-corrected chi connectivity index (χ4v) is 3.02. The Morgan fingerprint density at radius 2 is 1.88 bits per heavy atom. The van der Waals surface area contributed by atoms with E-state index in [9.17, 15) is 4.79 Å². The van der Waals surface area contributed by atoms with Crippen LogP contribution in [0.4, 0.5) is 0 Å². The first kappa shape index (κ1) is 19.5. The Kier molecular flexibility index (Phi) is 7.06. The Morgan fingerprint density at radius 1 is 1.20 bits per heavy atom. The molecule has 0 spiro atoms. The van der Waals surface area contributed by atoms with E-state index < -0.39 is 0 Å². The molecule has 4 nitrogen and oxygen atoms in total. The third kappa shape index (κ3) is 6.20. The number of nitrogens with zero attached hydrogens (tertiary/aromatic N) is 2. The minimum Gasteiger partial charge on any atom is -0.349 e. The van der Waals surface area contributed by atoms with Crippen LogP contribution in [0.5, 0.6) is 0 Å². The van der Waals surface area contributed by atoms with Crippen LogP contribution in [0, 0.1) is 19.8 Å². The van der Waals surface area contributed by atoms with Gasteiger partial charge in [-0.15, -0.1) is 0 Å². The van der Waals surface area contributed by atoms with Gasteiger partial charge in [-0.25, -0.2) is 0 Å². The van der Waals surface area contributed by atoms with Crippen molar-refractivity contribution in [2.24, 2.45) is 5.92 Å². The topological polar surface area (TPSA) is 46.9 Å². The van der Waals surface area contributed by atoms with Crippen LogP contribution in [0.3, 0.4) is 0 Å². The van der Waals surface area contributed by atoms with Crippen LogP contribution >= 0.6 is 11.6 Å². The summed E-state index contributed by atoms with van der Waals surface area (Å²) < 4.78 is 1.89. The van der Waals surface area contributed by atoms with Gasteiger partial charge in [-0.05, 0) is 56.4 Å². The lowest BCUT2D eigenvalue weighted by atomic mass is 9.97. The van der Waals surface area contributed by atoms with Crippen molar-refractivity contribution >= 4 is 17.5 Å². The van der Waals surface area contributed by atoms with Crippen molar-refractivity contribution in [3.63, 3.8) is 0 Å². The number of halogens is 1. The number of amides is 1. The monoisotopic (exact) mass is 361 g/mol. The third-order valence-corrected chi connectivity index (χ3v) is 4.55. The van der Waals surface area contributed by atoms with Crippen LogP contribution in [0.15, 0.2) is 30.3 Å². The van der Waals surface area contributed by atoms with E-state index in [2.05, 4.69) is 24.3 Å². The first-order valence-electron chi connectivity index (χ1n) is 8.91. The van der Waals surface area contributed by atoms with Crippen molar-refractivity contribution < 1.29 is 4.79 Å². The molecular weight excluding hydrogens is 334 g/mol. The average Bonchev–Trinajstić information content (AvgIpc) is 2.88. The van der Waals surface area contributed by atoms with Gasteiger partial charge in [-0.2, -0.15) is 5.10 Å². The molecule has 0 fully saturated rings. The molecule has 1 aromatic heterocycles. The maximum absolute atomic E-state index is 12.5. The van der Waals surface area contributed by atoms with Crippen LogP contribution in [0.2, 0.25) is 5.02 Å². The van der Waals surface area contributed by atoms with Crippen LogP contribution < -0.4 is 5.32 Å². The Balaban J connectivity index is 1.98. The lowest BCUT2D eigenvalue weighted by molar-refractivity contribution is -0.122. The van der Waals surface area contributed by atoms with Crippen molar-refractivity contribution in [1.82, 2.24) is 15.1 Å². The van der Waals surface area contributed by atoms with Crippen molar-refractivity contribution in [1.29, 1.82) is 0 Å². The number of hydrogen-bond donors (Lipinski definition) is 1. The molecule has 2 aromatic rings. The highest BCUT2D eigenvalue weighted by Crippen LogP contribution is 2.23. The number of benzene rings is 1. The quantitative estimate of drug-likeness (QED) is 0.731. The molecule has 0 aliphatic carbocycles. The van der Waals surface area contributed by atoms with Gasteiger partial charge in [0.15, 0.2) is 0 Å². The molecule has 5 heteroatoms. The Bertz CT molecular complexity index is 691. The van der Waals surface area contributed by atoms with Crippen molar-refractivity contribution in [3.8, 4) is 0 Å². The number of rotatable bonds is 8. The fraction of sp³-hybridized carbons (Fsp3) is 0.500. The second-order valence-electron chi connectivity index (χ2n) is 7.04. The average molecular weight is 362 g/mol. The zero-order valence-corrected chi connectivity index (χ0v) is 16.3. The minimum absolute atomic E-state index is 0.0209. The van der Waals surface area contributed by atoms with Crippen LogP contribution in [0.25, 0.3) is 0 Å². The second-order valence-corrected chi connectivity index (χ2v) is 7.48. The first-order valence-corrected chi connectivity index (χ1v) is 9.29. The van der Waals surface area contributed by atoms with Gasteiger partial charge >= 0.3 is 0 Å². The molecule has 1 amide bonds. The van der Waals surface area contributed by atoms with Crippen molar-refractivity contribution in [3.05, 3.63) is 52.3 Å². The molecule has 0 aliphatic heterocycles. The van der Waals surface area contributed by atoms with Crippen LogP contribution in [0.1, 0.15) is 56.1 Å².